The summed E-state index contributed by atoms with van der Waals surface area (Å²) in [5.74, 6) is -0.294. The number of benzene rings is 2. The number of amides is 1. The number of aromatic nitrogens is 4. The summed E-state index contributed by atoms with van der Waals surface area (Å²) in [6.07, 6.45) is 0.122. The van der Waals surface area contributed by atoms with Gasteiger partial charge in [0.1, 0.15) is 0 Å². The molecule has 0 aliphatic carbocycles. The number of nitrogens with zero attached hydrogens (tertiary/aromatic N) is 3. The number of carbonyl (C=O) groups is 1. The zero-order chi connectivity index (χ0) is 19.3. The molecule has 0 radical (unpaired) electrons. The molecule has 2 aromatic carbocycles. The zero-order valence-corrected chi connectivity index (χ0v) is 15.6. The number of nitrogens with one attached hydrogen (secondary N) is 3. The number of hydrogen-bond acceptors (Lipinski definition) is 6. The summed E-state index contributed by atoms with van der Waals surface area (Å²) in [7, 11) is -3.77. The van der Waals surface area contributed by atoms with Crippen LogP contribution in [0.25, 0.3) is 0 Å². The minimum atomic E-state index is -3.77. The first-order valence-electron chi connectivity index (χ1n) is 7.90. The van der Waals surface area contributed by atoms with Crippen molar-refractivity contribution in [2.45, 2.75) is 17.9 Å². The van der Waals surface area contributed by atoms with Gasteiger partial charge in [-0.05, 0) is 42.5 Å². The van der Waals surface area contributed by atoms with Gasteiger partial charge in [-0.15, -0.1) is 0 Å². The number of para-hydroxylation sites is 1. The van der Waals surface area contributed by atoms with Crippen molar-refractivity contribution in [1.82, 2.24) is 20.2 Å². The van der Waals surface area contributed by atoms with Crippen molar-refractivity contribution < 1.29 is 13.2 Å². The summed E-state index contributed by atoms with van der Waals surface area (Å²) in [6, 6.07) is 14.6. The molecule has 27 heavy (non-hydrogen) atoms. The van der Waals surface area contributed by atoms with Crippen LogP contribution in [0.5, 0.6) is 0 Å². The van der Waals surface area contributed by atoms with Gasteiger partial charge in [0.15, 0.2) is 0 Å². The Balaban J connectivity index is 1.67. The van der Waals surface area contributed by atoms with Crippen molar-refractivity contribution in [2.24, 2.45) is 0 Å². The Morgan fingerprint density at radius 2 is 1.85 bits per heavy atom. The molecule has 9 nitrogen and oxygen atoms in total. The Kier molecular flexibility index (Phi) is 5.62. The topological polar surface area (TPSA) is 122 Å². The highest BCUT2D eigenvalue weighted by Crippen LogP contribution is 2.19. The van der Waals surface area contributed by atoms with E-state index in [4.69, 9.17) is 12.2 Å². The highest BCUT2D eigenvalue weighted by molar-refractivity contribution is 7.92. The number of carbonyl (C=O) groups excluding carboxylic acids is 1. The van der Waals surface area contributed by atoms with Gasteiger partial charge in [-0.1, -0.05) is 34.6 Å². The number of H-pyrrole nitrogens is 1. The van der Waals surface area contributed by atoms with E-state index in [2.05, 4.69) is 25.6 Å². The molecule has 0 aliphatic rings. The van der Waals surface area contributed by atoms with Crippen LogP contribution in [0.1, 0.15) is 6.42 Å². The van der Waals surface area contributed by atoms with E-state index in [0.29, 0.717) is 11.4 Å². The van der Waals surface area contributed by atoms with E-state index in [1.54, 1.807) is 42.5 Å². The largest absolute Gasteiger partial charge is 0.326 e. The third kappa shape index (κ3) is 4.99. The lowest BCUT2D eigenvalue weighted by atomic mass is 10.3. The molecule has 1 aromatic heterocycles. The second-order valence-corrected chi connectivity index (χ2v) is 7.58. The number of anilines is 2. The number of sulfonamides is 1. The lowest BCUT2D eigenvalue weighted by molar-refractivity contribution is -0.116. The Morgan fingerprint density at radius 1 is 1.11 bits per heavy atom. The van der Waals surface area contributed by atoms with Crippen LogP contribution >= 0.6 is 12.2 Å². The Morgan fingerprint density at radius 3 is 2.56 bits per heavy atom. The molecule has 0 spiro atoms. The highest BCUT2D eigenvalue weighted by Gasteiger charge is 2.15. The van der Waals surface area contributed by atoms with Gasteiger partial charge in [0, 0.05) is 17.8 Å². The van der Waals surface area contributed by atoms with Gasteiger partial charge in [0.2, 0.25) is 10.7 Å². The Hall–Kier alpha value is -3.05. The molecule has 3 N–H and O–H groups in total. The zero-order valence-electron chi connectivity index (χ0n) is 14.0. The van der Waals surface area contributed by atoms with Crippen LogP contribution in [0.4, 0.5) is 11.4 Å². The molecule has 0 bridgehead atoms. The van der Waals surface area contributed by atoms with E-state index in [-0.39, 0.29) is 28.5 Å². The van der Waals surface area contributed by atoms with Crippen molar-refractivity contribution in [3.63, 3.8) is 0 Å². The molecular weight excluding hydrogens is 388 g/mol. The number of rotatable bonds is 7. The molecule has 3 aromatic rings. The normalized spacial score (nSPS) is 11.1. The summed E-state index contributed by atoms with van der Waals surface area (Å²) in [5.41, 5.74) is 0.833. The SMILES string of the molecule is O=C(CCn1[nH]nnc1=S)Nc1cccc(S(=O)(=O)Nc2ccccc2)c1. The predicted octanol–water partition coefficient (Wildman–Crippen LogP) is 2.17. The number of tetrazole rings is 1. The van der Waals surface area contributed by atoms with Gasteiger partial charge in [0.25, 0.3) is 10.0 Å². The summed E-state index contributed by atoms with van der Waals surface area (Å²) >= 11 is 4.93. The summed E-state index contributed by atoms with van der Waals surface area (Å²) in [6.45, 7) is 0.283. The maximum atomic E-state index is 12.5. The fourth-order valence-corrected chi connectivity index (χ4v) is 3.54. The number of hydrogen-bond donors (Lipinski definition) is 3. The summed E-state index contributed by atoms with van der Waals surface area (Å²) in [5, 5.41) is 12.4. The molecule has 0 unspecified atom stereocenters. The molecule has 3 rings (SSSR count). The van der Waals surface area contributed by atoms with Crippen LogP contribution in [0.15, 0.2) is 59.5 Å². The first-order valence-corrected chi connectivity index (χ1v) is 9.79. The molecule has 0 fully saturated rings. The smallest absolute Gasteiger partial charge is 0.261 e. The Bertz CT molecular complexity index is 1090. The van der Waals surface area contributed by atoms with Gasteiger partial charge in [-0.2, -0.15) is 5.21 Å². The second kappa shape index (κ2) is 8.10. The van der Waals surface area contributed by atoms with Crippen LogP contribution in [0, 0.1) is 4.77 Å². The van der Waals surface area contributed by atoms with E-state index in [0.717, 1.165) is 0 Å². The quantitative estimate of drug-likeness (QED) is 0.519. The minimum absolute atomic E-state index is 0.0455. The van der Waals surface area contributed by atoms with Crippen molar-refractivity contribution in [3.05, 3.63) is 59.4 Å². The third-order valence-corrected chi connectivity index (χ3v) is 5.23. The van der Waals surface area contributed by atoms with Gasteiger partial charge >= 0.3 is 0 Å². The first-order chi connectivity index (χ1) is 12.9. The van der Waals surface area contributed by atoms with E-state index in [1.165, 1.54) is 16.8 Å². The van der Waals surface area contributed by atoms with Crippen molar-refractivity contribution >= 4 is 39.5 Å². The maximum Gasteiger partial charge on any atom is 0.261 e. The van der Waals surface area contributed by atoms with Crippen LogP contribution in [0.3, 0.4) is 0 Å². The van der Waals surface area contributed by atoms with Crippen molar-refractivity contribution in [3.8, 4) is 0 Å². The number of aromatic amines is 1. The number of aryl methyl sites for hydroxylation is 1. The predicted molar refractivity (Wildman–Crippen MR) is 102 cm³/mol. The molecule has 0 aliphatic heterocycles. The molecule has 1 amide bonds. The minimum Gasteiger partial charge on any atom is -0.326 e. The lowest BCUT2D eigenvalue weighted by Gasteiger charge is -2.10. The van der Waals surface area contributed by atoms with E-state index in [1.807, 2.05) is 0 Å². The molecular formula is C16H16N6O3S2. The highest BCUT2D eigenvalue weighted by atomic mass is 32.2. The average molecular weight is 404 g/mol. The van der Waals surface area contributed by atoms with Crippen molar-refractivity contribution in [2.75, 3.05) is 10.0 Å². The van der Waals surface area contributed by atoms with Crippen LogP contribution in [-0.4, -0.2) is 34.5 Å². The van der Waals surface area contributed by atoms with Crippen molar-refractivity contribution in [1.29, 1.82) is 0 Å². The fourth-order valence-electron chi connectivity index (χ4n) is 2.26. The molecule has 140 valence electrons. The monoisotopic (exact) mass is 404 g/mol. The van der Waals surface area contributed by atoms with Crippen LogP contribution < -0.4 is 10.0 Å². The van der Waals surface area contributed by atoms with Gasteiger partial charge < -0.3 is 5.32 Å². The molecule has 0 atom stereocenters. The molecule has 0 saturated carbocycles. The molecule has 1 heterocycles. The maximum absolute atomic E-state index is 12.5. The van der Waals surface area contributed by atoms with Gasteiger partial charge in [-0.25, -0.2) is 13.1 Å². The first kappa shape index (κ1) is 18.7. The average Bonchev–Trinajstić information content (AvgIpc) is 3.06. The summed E-state index contributed by atoms with van der Waals surface area (Å²) < 4.78 is 29.2. The summed E-state index contributed by atoms with van der Waals surface area (Å²) in [4.78, 5) is 12.1. The van der Waals surface area contributed by atoms with Crippen LogP contribution in [-0.2, 0) is 21.4 Å². The fraction of sp³-hybridized carbons (Fsp3) is 0.125. The van der Waals surface area contributed by atoms with E-state index < -0.39 is 10.0 Å². The van der Waals surface area contributed by atoms with E-state index in [9.17, 15) is 13.2 Å². The van der Waals surface area contributed by atoms with Crippen LogP contribution in [0.2, 0.25) is 0 Å². The molecule has 11 heteroatoms. The Labute approximate surface area is 160 Å². The standard InChI is InChI=1S/C16H16N6O3S2/c23-15(9-10-22-16(26)18-20-21-22)17-13-7-4-8-14(11-13)27(24,25)19-12-5-2-1-3-6-12/h1-8,11,19H,9-10H2,(H,17,23)(H,18,21,26). The second-order valence-electron chi connectivity index (χ2n) is 5.53. The van der Waals surface area contributed by atoms with Gasteiger partial charge in [0.05, 0.1) is 11.4 Å². The third-order valence-electron chi connectivity index (χ3n) is 3.55. The van der Waals surface area contributed by atoms with Gasteiger partial charge in [-0.3, -0.25) is 9.52 Å². The lowest BCUT2D eigenvalue weighted by Crippen LogP contribution is -2.16. The molecule has 0 saturated heterocycles. The van der Waals surface area contributed by atoms with E-state index >= 15 is 0 Å².